The number of hydrogen-bond acceptors (Lipinski definition) is 5. The second-order valence-corrected chi connectivity index (χ2v) is 19.0. The van der Waals surface area contributed by atoms with Gasteiger partial charge in [0.15, 0.2) is 0 Å². The molecule has 0 heterocycles. The molecule has 0 saturated carbocycles. The average Bonchev–Trinajstić information content (AvgIpc) is 3.30. The molecule has 0 spiro atoms. The Labute approximate surface area is 403 Å². The number of aliphatic hydroxyl groups excluding tert-OH is 2. The van der Waals surface area contributed by atoms with E-state index in [4.69, 9.17) is 4.74 Å². The van der Waals surface area contributed by atoms with Crippen LogP contribution in [0.25, 0.3) is 0 Å². The van der Waals surface area contributed by atoms with Crippen molar-refractivity contribution in [1.82, 2.24) is 5.32 Å². The Morgan fingerprint density at radius 1 is 0.446 bits per heavy atom. The van der Waals surface area contributed by atoms with E-state index in [1.165, 1.54) is 154 Å². The minimum atomic E-state index is -0.801. The van der Waals surface area contributed by atoms with E-state index in [1.54, 1.807) is 0 Å². The van der Waals surface area contributed by atoms with Gasteiger partial charge in [-0.15, -0.1) is 0 Å². The van der Waals surface area contributed by atoms with Gasteiger partial charge in [0.2, 0.25) is 5.91 Å². The maximum atomic E-state index is 13.2. The summed E-state index contributed by atoms with van der Waals surface area (Å²) in [7, 11) is 0. The van der Waals surface area contributed by atoms with Crippen molar-refractivity contribution in [2.45, 2.75) is 296 Å². The van der Waals surface area contributed by atoms with Gasteiger partial charge in [0.25, 0.3) is 0 Å². The fraction of sp³-hybridized carbons (Fsp3) is 0.797. The molecule has 0 aromatic heterocycles. The Kier molecular flexibility index (Phi) is 50.6. The summed E-state index contributed by atoms with van der Waals surface area (Å²) < 4.78 is 5.92. The molecule has 0 fully saturated rings. The number of aliphatic hydroxyl groups is 2. The maximum Gasteiger partial charge on any atom is 0.306 e. The molecule has 65 heavy (non-hydrogen) atoms. The van der Waals surface area contributed by atoms with E-state index >= 15 is 0 Å². The minimum absolute atomic E-state index is 0.0500. The van der Waals surface area contributed by atoms with Gasteiger partial charge in [0.1, 0.15) is 6.10 Å². The highest BCUT2D eigenvalue weighted by Gasteiger charge is 2.24. The third-order valence-corrected chi connectivity index (χ3v) is 12.6. The summed E-state index contributed by atoms with van der Waals surface area (Å²) in [5.74, 6) is -0.543. The number of ether oxygens (including phenoxy) is 1. The molecule has 0 aliphatic rings. The minimum Gasteiger partial charge on any atom is -0.462 e. The fourth-order valence-corrected chi connectivity index (χ4v) is 8.30. The van der Waals surface area contributed by atoms with E-state index in [-0.39, 0.29) is 24.9 Å². The van der Waals surface area contributed by atoms with Gasteiger partial charge in [-0.3, -0.25) is 9.59 Å². The molecule has 0 saturated heterocycles. The monoisotopic (exact) mass is 910 g/mol. The van der Waals surface area contributed by atoms with Crippen molar-refractivity contribution < 1.29 is 24.5 Å². The highest BCUT2D eigenvalue weighted by Crippen LogP contribution is 2.18. The van der Waals surface area contributed by atoms with Crippen LogP contribution in [-0.2, 0) is 14.3 Å². The molecule has 6 heteroatoms. The highest BCUT2D eigenvalue weighted by atomic mass is 16.5. The molecule has 0 rings (SSSR count). The summed E-state index contributed by atoms with van der Waals surface area (Å²) in [6.45, 7) is 6.45. The summed E-state index contributed by atoms with van der Waals surface area (Å²) in [6, 6.07) is -0.717. The van der Waals surface area contributed by atoms with Gasteiger partial charge in [0, 0.05) is 6.42 Å². The normalized spacial score (nSPS) is 13.6. The van der Waals surface area contributed by atoms with Gasteiger partial charge in [-0.2, -0.15) is 0 Å². The van der Waals surface area contributed by atoms with Crippen molar-refractivity contribution in [3.63, 3.8) is 0 Å². The fourth-order valence-electron chi connectivity index (χ4n) is 8.30. The van der Waals surface area contributed by atoms with Crippen LogP contribution >= 0.6 is 0 Å². The molecule has 0 aromatic rings. The number of amides is 1. The topological polar surface area (TPSA) is 95.9 Å². The predicted molar refractivity (Wildman–Crippen MR) is 282 cm³/mol. The van der Waals surface area contributed by atoms with Crippen LogP contribution in [0.15, 0.2) is 60.8 Å². The second kappa shape index (κ2) is 52.5. The molecule has 3 atom stereocenters. The molecule has 3 N–H and O–H groups in total. The van der Waals surface area contributed by atoms with E-state index in [2.05, 4.69) is 86.8 Å². The number of unbranched alkanes of at least 4 members (excludes halogenated alkanes) is 28. The van der Waals surface area contributed by atoms with E-state index in [9.17, 15) is 19.8 Å². The van der Waals surface area contributed by atoms with Gasteiger partial charge in [-0.05, 0) is 89.9 Å². The van der Waals surface area contributed by atoms with Crippen LogP contribution in [-0.4, -0.2) is 46.9 Å². The lowest BCUT2D eigenvalue weighted by atomic mass is 10.0. The van der Waals surface area contributed by atoms with Crippen molar-refractivity contribution in [2.24, 2.45) is 0 Å². The van der Waals surface area contributed by atoms with Crippen LogP contribution in [0.2, 0.25) is 0 Å². The molecule has 0 radical (unpaired) electrons. The van der Waals surface area contributed by atoms with Crippen LogP contribution in [0, 0.1) is 0 Å². The number of carbonyl (C=O) groups is 2. The first-order chi connectivity index (χ1) is 32.0. The van der Waals surface area contributed by atoms with Gasteiger partial charge >= 0.3 is 5.97 Å². The summed E-state index contributed by atoms with van der Waals surface area (Å²) in [5.41, 5.74) is 0. The lowest BCUT2D eigenvalue weighted by molar-refractivity contribution is -0.151. The largest absolute Gasteiger partial charge is 0.462 e. The third kappa shape index (κ3) is 47.8. The number of rotatable bonds is 50. The third-order valence-electron chi connectivity index (χ3n) is 12.6. The number of hydrogen-bond donors (Lipinski definition) is 3. The average molecular weight is 911 g/mol. The van der Waals surface area contributed by atoms with Crippen LogP contribution in [0.5, 0.6) is 0 Å². The molecule has 3 unspecified atom stereocenters. The van der Waals surface area contributed by atoms with Gasteiger partial charge in [0.05, 0.1) is 25.2 Å². The van der Waals surface area contributed by atoms with E-state index < -0.39 is 18.2 Å². The summed E-state index contributed by atoms with van der Waals surface area (Å²) in [6.07, 6.45) is 65.7. The van der Waals surface area contributed by atoms with Crippen molar-refractivity contribution in [2.75, 3.05) is 6.61 Å². The molecule has 378 valence electrons. The molecular weight excluding hydrogens is 803 g/mol. The SMILES string of the molecule is CCCCC/C=C\C/C=C\C/C=C\C/C=C\CCCC(=O)OC(CCCCCCC/C=C/CCCCCCCC)CC(=O)NC(CO)C(O)CCCCCCCCCCCCCCCC. The van der Waals surface area contributed by atoms with Crippen molar-refractivity contribution in [1.29, 1.82) is 0 Å². The number of allylic oxidation sites excluding steroid dienone is 10. The molecule has 6 nitrogen and oxygen atoms in total. The molecular formula is C59H107NO5. The molecule has 0 aliphatic heterocycles. The van der Waals surface area contributed by atoms with Crippen LogP contribution in [0.3, 0.4) is 0 Å². The predicted octanol–water partition coefficient (Wildman–Crippen LogP) is 17.2. The molecule has 0 bridgehead atoms. The van der Waals surface area contributed by atoms with Crippen LogP contribution in [0.1, 0.15) is 278 Å². The summed E-state index contributed by atoms with van der Waals surface area (Å²) in [4.78, 5) is 26.2. The Hall–Kier alpha value is -2.44. The first-order valence-electron chi connectivity index (χ1n) is 28.0. The first-order valence-corrected chi connectivity index (χ1v) is 28.0. The van der Waals surface area contributed by atoms with Gasteiger partial charge in [-0.25, -0.2) is 0 Å². The summed E-state index contributed by atoms with van der Waals surface area (Å²) >= 11 is 0. The smallest absolute Gasteiger partial charge is 0.306 e. The van der Waals surface area contributed by atoms with Crippen molar-refractivity contribution >= 4 is 11.9 Å². The van der Waals surface area contributed by atoms with Gasteiger partial charge < -0.3 is 20.3 Å². The van der Waals surface area contributed by atoms with Crippen molar-refractivity contribution in [3.8, 4) is 0 Å². The van der Waals surface area contributed by atoms with E-state index in [0.717, 1.165) is 70.6 Å². The lowest BCUT2D eigenvalue weighted by Gasteiger charge is -2.24. The quantitative estimate of drug-likeness (QED) is 0.0321. The zero-order valence-electron chi connectivity index (χ0n) is 43.1. The van der Waals surface area contributed by atoms with Crippen molar-refractivity contribution in [3.05, 3.63) is 60.8 Å². The molecule has 0 aromatic carbocycles. The molecule has 0 aliphatic carbocycles. The standard InChI is InChI=1S/C59H107NO5/c1-4-7-10-13-16-19-22-25-28-29-31-34-37-40-43-46-49-52-59(64)65-55(50-47-44-41-38-35-32-30-26-23-20-17-14-11-8-5-2)53-58(63)60-56(54-61)57(62)51-48-45-42-39-36-33-27-24-21-18-15-12-9-6-3/h16,19,25-26,28,30-31,34,40,43,55-57,61-62H,4-15,17-18,20-24,27,29,32-33,35-39,41-42,44-54H2,1-3H3,(H,60,63)/b19-16-,28-25-,30-26+,34-31-,43-40-. The zero-order valence-corrected chi connectivity index (χ0v) is 43.1. The second-order valence-electron chi connectivity index (χ2n) is 19.0. The number of esters is 1. The summed E-state index contributed by atoms with van der Waals surface area (Å²) in [5, 5.41) is 23.8. The first kappa shape index (κ1) is 62.6. The molecule has 1 amide bonds. The van der Waals surface area contributed by atoms with Crippen LogP contribution < -0.4 is 5.32 Å². The zero-order chi connectivity index (χ0) is 47.4. The van der Waals surface area contributed by atoms with Crippen LogP contribution in [0.4, 0.5) is 0 Å². The Balaban J connectivity index is 4.66. The van der Waals surface area contributed by atoms with E-state index in [0.29, 0.717) is 25.7 Å². The number of carbonyl (C=O) groups excluding carboxylic acids is 2. The van der Waals surface area contributed by atoms with Gasteiger partial charge in [-0.1, -0.05) is 236 Å². The Morgan fingerprint density at radius 2 is 0.785 bits per heavy atom. The Bertz CT molecular complexity index is 1160. The number of nitrogens with one attached hydrogen (secondary N) is 1. The lowest BCUT2D eigenvalue weighted by Crippen LogP contribution is -2.46. The van der Waals surface area contributed by atoms with E-state index in [1.807, 2.05) is 0 Å². The Morgan fingerprint density at radius 3 is 1.23 bits per heavy atom. The highest BCUT2D eigenvalue weighted by molar-refractivity contribution is 5.77. The maximum absolute atomic E-state index is 13.2.